The molecule has 1 atom stereocenters. The van der Waals surface area contributed by atoms with Gasteiger partial charge in [-0.2, -0.15) is 0 Å². The van der Waals surface area contributed by atoms with Crippen LogP contribution >= 0.6 is 0 Å². The number of hydrogen-bond donors (Lipinski definition) is 0. The molecule has 0 radical (unpaired) electrons. The maximum absolute atomic E-state index is 14.2. The van der Waals surface area contributed by atoms with Crippen molar-refractivity contribution in [3.8, 4) is 0 Å². The monoisotopic (exact) mass is 364 g/mol. The Morgan fingerprint density at radius 1 is 0.920 bits per heavy atom. The minimum Gasteiger partial charge on any atom is -0.373 e. The van der Waals surface area contributed by atoms with E-state index in [1.54, 1.807) is 6.92 Å². The van der Waals surface area contributed by atoms with E-state index >= 15 is 0 Å². The Hall–Kier alpha value is -1.27. The van der Waals surface area contributed by atoms with Gasteiger partial charge in [-0.1, -0.05) is 63.2 Å². The predicted molar refractivity (Wildman–Crippen MR) is 102 cm³/mol. The van der Waals surface area contributed by atoms with E-state index in [1.807, 2.05) is 32.0 Å². The van der Waals surface area contributed by atoms with Crippen LogP contribution < -0.4 is 0 Å². The van der Waals surface area contributed by atoms with E-state index in [0.29, 0.717) is 19.3 Å². The SMILES string of the molecule is CCCO[Si](Cc1cccc2ccccc12)(OCCC)OC(F)CC. The average Bonchev–Trinajstić information content (AvgIpc) is 2.65. The van der Waals surface area contributed by atoms with Crippen LogP contribution in [0.1, 0.15) is 45.6 Å². The molecule has 138 valence electrons. The molecule has 5 heteroatoms. The second kappa shape index (κ2) is 10.0. The zero-order valence-electron chi connectivity index (χ0n) is 15.5. The summed E-state index contributed by atoms with van der Waals surface area (Å²) in [6.45, 7) is 6.85. The van der Waals surface area contributed by atoms with Gasteiger partial charge in [0.2, 0.25) is 0 Å². The van der Waals surface area contributed by atoms with Crippen LogP contribution in [0.15, 0.2) is 42.5 Å². The second-order valence-corrected chi connectivity index (χ2v) is 8.66. The maximum atomic E-state index is 14.2. The molecule has 3 nitrogen and oxygen atoms in total. The topological polar surface area (TPSA) is 27.7 Å². The Morgan fingerprint density at radius 2 is 1.56 bits per heavy atom. The van der Waals surface area contributed by atoms with Crippen molar-refractivity contribution in [2.24, 2.45) is 0 Å². The third-order valence-electron chi connectivity index (χ3n) is 3.97. The second-order valence-electron chi connectivity index (χ2n) is 6.13. The fraction of sp³-hybridized carbons (Fsp3) is 0.500. The average molecular weight is 365 g/mol. The summed E-state index contributed by atoms with van der Waals surface area (Å²) < 4.78 is 32.0. The third-order valence-corrected chi connectivity index (χ3v) is 6.68. The van der Waals surface area contributed by atoms with E-state index in [2.05, 4.69) is 24.3 Å². The number of rotatable bonds is 11. The smallest absolute Gasteiger partial charge is 0.373 e. The Bertz CT molecular complexity index is 636. The van der Waals surface area contributed by atoms with Crippen LogP contribution in [-0.2, 0) is 19.3 Å². The molecular weight excluding hydrogens is 335 g/mol. The van der Waals surface area contributed by atoms with Gasteiger partial charge in [-0.3, -0.25) is 0 Å². The lowest BCUT2D eigenvalue weighted by molar-refractivity contribution is -0.0309. The quantitative estimate of drug-likeness (QED) is 0.497. The van der Waals surface area contributed by atoms with Gasteiger partial charge < -0.3 is 13.3 Å². The maximum Gasteiger partial charge on any atom is 0.507 e. The van der Waals surface area contributed by atoms with Gasteiger partial charge in [-0.15, -0.1) is 0 Å². The number of benzene rings is 2. The lowest BCUT2D eigenvalue weighted by atomic mass is 10.1. The number of halogens is 1. The summed E-state index contributed by atoms with van der Waals surface area (Å²) in [6, 6.07) is 14.8. The van der Waals surface area contributed by atoms with Crippen LogP contribution in [-0.4, -0.2) is 28.4 Å². The summed E-state index contributed by atoms with van der Waals surface area (Å²) in [5.41, 5.74) is 1.08. The van der Waals surface area contributed by atoms with Gasteiger partial charge in [0.1, 0.15) is 0 Å². The zero-order valence-corrected chi connectivity index (χ0v) is 16.5. The van der Waals surface area contributed by atoms with Crippen LogP contribution in [0, 0.1) is 0 Å². The van der Waals surface area contributed by atoms with E-state index in [9.17, 15) is 4.39 Å². The van der Waals surface area contributed by atoms with Crippen molar-refractivity contribution in [1.29, 1.82) is 0 Å². The Morgan fingerprint density at radius 3 is 2.20 bits per heavy atom. The number of fused-ring (bicyclic) bond motifs is 1. The molecule has 0 bridgehead atoms. The summed E-state index contributed by atoms with van der Waals surface area (Å²) >= 11 is 0. The highest BCUT2D eigenvalue weighted by Gasteiger charge is 2.44. The molecular formula is C20H29FO3Si. The fourth-order valence-corrected chi connectivity index (χ4v) is 5.59. The van der Waals surface area contributed by atoms with Gasteiger partial charge in [-0.25, -0.2) is 4.39 Å². The third kappa shape index (κ3) is 5.61. The summed E-state index contributed by atoms with van der Waals surface area (Å²) in [4.78, 5) is 0. The standard InChI is InChI=1S/C20H29FO3Si/c1-4-14-22-25(23-15-5-2,24-20(21)6-3)16-18-12-9-11-17-10-7-8-13-19(17)18/h7-13,20H,4-6,14-16H2,1-3H3. The lowest BCUT2D eigenvalue weighted by Gasteiger charge is -2.31. The number of hydrogen-bond acceptors (Lipinski definition) is 3. The van der Waals surface area contributed by atoms with Gasteiger partial charge in [0.05, 0.1) is 0 Å². The zero-order chi connectivity index (χ0) is 18.1. The van der Waals surface area contributed by atoms with Crippen molar-refractivity contribution in [2.45, 2.75) is 52.4 Å². The first kappa shape index (κ1) is 20.0. The molecule has 2 aromatic carbocycles. The molecule has 0 N–H and O–H groups in total. The molecule has 0 saturated carbocycles. The molecule has 0 spiro atoms. The largest absolute Gasteiger partial charge is 0.507 e. The molecule has 2 rings (SSSR count). The van der Waals surface area contributed by atoms with E-state index < -0.39 is 15.2 Å². The Kier molecular flexibility index (Phi) is 8.03. The highest BCUT2D eigenvalue weighted by Crippen LogP contribution is 2.26. The Labute approximate surface area is 151 Å². The minimum atomic E-state index is -3.15. The molecule has 1 unspecified atom stereocenters. The molecule has 0 amide bonds. The van der Waals surface area contributed by atoms with Crippen LogP contribution in [0.2, 0.25) is 0 Å². The first-order chi connectivity index (χ1) is 12.1. The van der Waals surface area contributed by atoms with Gasteiger partial charge in [0, 0.05) is 19.3 Å². The fourth-order valence-electron chi connectivity index (χ4n) is 2.73. The van der Waals surface area contributed by atoms with Crippen molar-refractivity contribution in [1.82, 2.24) is 0 Å². The summed E-state index contributed by atoms with van der Waals surface area (Å²) in [5, 5.41) is 2.29. The molecule has 0 aliphatic heterocycles. The first-order valence-corrected chi connectivity index (χ1v) is 11.1. The van der Waals surface area contributed by atoms with Crippen molar-refractivity contribution in [2.75, 3.05) is 13.2 Å². The molecule has 25 heavy (non-hydrogen) atoms. The van der Waals surface area contributed by atoms with Crippen LogP contribution in [0.5, 0.6) is 0 Å². The summed E-state index contributed by atoms with van der Waals surface area (Å²) in [6.07, 6.45) is 0.601. The normalized spacial score (nSPS) is 13.3. The van der Waals surface area contributed by atoms with Crippen molar-refractivity contribution in [3.05, 3.63) is 48.0 Å². The molecule has 0 saturated heterocycles. The van der Waals surface area contributed by atoms with Gasteiger partial charge in [-0.05, 0) is 35.6 Å². The van der Waals surface area contributed by atoms with Crippen molar-refractivity contribution < 1.29 is 17.7 Å². The van der Waals surface area contributed by atoms with Gasteiger partial charge >= 0.3 is 8.80 Å². The lowest BCUT2D eigenvalue weighted by Crippen LogP contribution is -2.50. The van der Waals surface area contributed by atoms with Crippen LogP contribution in [0.3, 0.4) is 0 Å². The van der Waals surface area contributed by atoms with Crippen molar-refractivity contribution >= 4 is 19.6 Å². The molecule has 0 heterocycles. The molecule has 0 aliphatic carbocycles. The number of alkyl halides is 1. The molecule has 0 aromatic heterocycles. The summed E-state index contributed by atoms with van der Waals surface area (Å²) in [5.74, 6) is 0. The Balaban J connectivity index is 2.37. The first-order valence-electron chi connectivity index (χ1n) is 9.20. The van der Waals surface area contributed by atoms with E-state index in [4.69, 9.17) is 13.3 Å². The van der Waals surface area contributed by atoms with Crippen LogP contribution in [0.4, 0.5) is 4.39 Å². The predicted octanol–water partition coefficient (Wildman–Crippen LogP) is 5.44. The van der Waals surface area contributed by atoms with Crippen LogP contribution in [0.25, 0.3) is 10.8 Å². The van der Waals surface area contributed by atoms with Gasteiger partial charge in [0.15, 0.2) is 6.36 Å². The van der Waals surface area contributed by atoms with E-state index in [1.165, 1.54) is 0 Å². The highest BCUT2D eigenvalue weighted by molar-refractivity contribution is 6.60. The van der Waals surface area contributed by atoms with E-state index in [0.717, 1.165) is 29.2 Å². The minimum absolute atomic E-state index is 0.287. The highest BCUT2D eigenvalue weighted by atomic mass is 28.4. The summed E-state index contributed by atoms with van der Waals surface area (Å²) in [7, 11) is -3.15. The van der Waals surface area contributed by atoms with Crippen molar-refractivity contribution in [3.63, 3.8) is 0 Å². The molecule has 0 fully saturated rings. The van der Waals surface area contributed by atoms with E-state index in [-0.39, 0.29) is 6.42 Å². The molecule has 2 aromatic rings. The van der Waals surface area contributed by atoms with Gasteiger partial charge in [0.25, 0.3) is 0 Å². The molecule has 0 aliphatic rings.